The lowest BCUT2D eigenvalue weighted by Crippen LogP contribution is -2.10. The molecule has 2 saturated carbocycles. The van der Waals surface area contributed by atoms with Crippen LogP contribution in [0.3, 0.4) is 0 Å². The highest BCUT2D eigenvalue weighted by Crippen LogP contribution is 2.52. The number of nitrogens with zero attached hydrogens (tertiary/aromatic N) is 2. The molecule has 2 unspecified atom stereocenters. The monoisotopic (exact) mass is 303 g/mol. The summed E-state index contributed by atoms with van der Waals surface area (Å²) in [5.41, 5.74) is 5.29. The predicted molar refractivity (Wildman–Crippen MR) is 93.7 cm³/mol. The molecule has 0 aliphatic heterocycles. The zero-order valence-corrected chi connectivity index (χ0v) is 13.5. The Bertz CT molecular complexity index is 726. The molecule has 2 heteroatoms. The summed E-state index contributed by atoms with van der Waals surface area (Å²) in [5, 5.41) is 0. The van der Waals surface area contributed by atoms with Crippen molar-refractivity contribution in [2.24, 2.45) is 5.92 Å². The molecule has 0 amide bonds. The number of allylic oxidation sites excluding steroid dienone is 1. The Hall–Kier alpha value is -2.22. The topological polar surface area (TPSA) is 15.9 Å². The zero-order valence-electron chi connectivity index (χ0n) is 13.5. The predicted octanol–water partition coefficient (Wildman–Crippen LogP) is 4.49. The standard InChI is InChI=1S/C21H23N2/c1-15(23(2)14-16-4-3-11-22-13-16)20-12-21(20)19-9-7-18(8-10-19)17-5-6-17/h3-4,7-11,13,17,20-21H,1-2,5-6,12,14H2/q+1. The molecule has 0 bridgehead atoms. The summed E-state index contributed by atoms with van der Waals surface area (Å²) in [6.07, 6.45) is 7.63. The van der Waals surface area contributed by atoms with Crippen molar-refractivity contribution in [1.82, 2.24) is 4.98 Å². The molecule has 2 aliphatic rings. The summed E-state index contributed by atoms with van der Waals surface area (Å²) in [4.78, 5) is 4.16. The van der Waals surface area contributed by atoms with Crippen LogP contribution in [-0.4, -0.2) is 16.3 Å². The fourth-order valence-electron chi connectivity index (χ4n) is 3.41. The fourth-order valence-corrected chi connectivity index (χ4v) is 3.41. The van der Waals surface area contributed by atoms with E-state index in [1.165, 1.54) is 36.0 Å². The molecular weight excluding hydrogens is 280 g/mol. The Balaban J connectivity index is 1.37. The molecule has 1 aromatic heterocycles. The molecule has 23 heavy (non-hydrogen) atoms. The van der Waals surface area contributed by atoms with E-state index in [-0.39, 0.29) is 0 Å². The van der Waals surface area contributed by atoms with E-state index in [9.17, 15) is 0 Å². The Morgan fingerprint density at radius 3 is 2.52 bits per heavy atom. The Labute approximate surface area is 138 Å². The second-order valence-corrected chi connectivity index (χ2v) is 6.94. The Morgan fingerprint density at radius 1 is 1.13 bits per heavy atom. The lowest BCUT2D eigenvalue weighted by molar-refractivity contribution is -0.489. The summed E-state index contributed by atoms with van der Waals surface area (Å²) in [6.45, 7) is 9.24. The van der Waals surface area contributed by atoms with Gasteiger partial charge >= 0.3 is 0 Å². The first-order valence-corrected chi connectivity index (χ1v) is 8.48. The van der Waals surface area contributed by atoms with E-state index in [1.54, 1.807) is 6.20 Å². The van der Waals surface area contributed by atoms with Gasteiger partial charge in [-0.15, -0.1) is 0 Å². The molecule has 2 nitrogen and oxygen atoms in total. The maximum absolute atomic E-state index is 4.29. The average molecular weight is 303 g/mol. The third kappa shape index (κ3) is 3.12. The first-order chi connectivity index (χ1) is 11.2. The normalized spacial score (nSPS) is 22.6. The quantitative estimate of drug-likeness (QED) is 0.567. The van der Waals surface area contributed by atoms with Crippen molar-refractivity contribution in [3.05, 3.63) is 77.8 Å². The Kier molecular flexibility index (Phi) is 3.60. The lowest BCUT2D eigenvalue weighted by atomic mass is 10.0. The fraction of sp³-hybridized carbons (Fsp3) is 0.333. The van der Waals surface area contributed by atoms with E-state index in [2.05, 4.69) is 48.6 Å². The van der Waals surface area contributed by atoms with Gasteiger partial charge < -0.3 is 0 Å². The average Bonchev–Trinajstić information content (AvgIpc) is 3.49. The molecule has 4 rings (SSSR count). The molecular formula is C21H23N2+. The molecule has 2 aliphatic carbocycles. The summed E-state index contributed by atoms with van der Waals surface area (Å²) in [5.74, 6) is 1.99. The van der Waals surface area contributed by atoms with Crippen LogP contribution in [0.5, 0.6) is 0 Å². The van der Waals surface area contributed by atoms with Gasteiger partial charge in [-0.05, 0) is 60.9 Å². The van der Waals surface area contributed by atoms with Crippen molar-refractivity contribution in [2.45, 2.75) is 37.6 Å². The van der Waals surface area contributed by atoms with E-state index in [1.807, 2.05) is 16.8 Å². The second kappa shape index (κ2) is 5.77. The van der Waals surface area contributed by atoms with Crippen LogP contribution in [-0.2, 0) is 6.54 Å². The summed E-state index contributed by atoms with van der Waals surface area (Å²) >= 11 is 0. The maximum Gasteiger partial charge on any atom is 0.177 e. The van der Waals surface area contributed by atoms with Crippen molar-refractivity contribution < 1.29 is 4.58 Å². The number of pyridine rings is 1. The summed E-state index contributed by atoms with van der Waals surface area (Å²) in [7, 11) is 0. The molecule has 0 saturated heterocycles. The van der Waals surface area contributed by atoms with E-state index in [0.717, 1.165) is 18.2 Å². The van der Waals surface area contributed by atoms with Gasteiger partial charge in [0.05, 0.1) is 5.92 Å². The van der Waals surface area contributed by atoms with Crippen LogP contribution in [0.25, 0.3) is 0 Å². The number of benzene rings is 1. The minimum absolute atomic E-state index is 0.538. The largest absolute Gasteiger partial charge is 0.264 e. The number of aromatic nitrogens is 1. The van der Waals surface area contributed by atoms with Gasteiger partial charge in [0, 0.05) is 18.0 Å². The van der Waals surface area contributed by atoms with Gasteiger partial charge in [-0.3, -0.25) is 4.98 Å². The highest BCUT2D eigenvalue weighted by Gasteiger charge is 2.44. The van der Waals surface area contributed by atoms with Crippen LogP contribution in [0.1, 0.15) is 47.8 Å². The van der Waals surface area contributed by atoms with Gasteiger partial charge in [-0.1, -0.05) is 24.3 Å². The van der Waals surface area contributed by atoms with Gasteiger partial charge in [-0.25, -0.2) is 4.58 Å². The molecule has 1 heterocycles. The second-order valence-electron chi connectivity index (χ2n) is 6.94. The van der Waals surface area contributed by atoms with Crippen molar-refractivity contribution >= 4 is 6.72 Å². The minimum atomic E-state index is 0.538. The third-order valence-electron chi connectivity index (χ3n) is 5.13. The van der Waals surface area contributed by atoms with E-state index in [0.29, 0.717) is 11.8 Å². The van der Waals surface area contributed by atoms with E-state index < -0.39 is 0 Å². The number of hydrogen-bond donors (Lipinski definition) is 0. The highest BCUT2D eigenvalue weighted by molar-refractivity contribution is 5.35. The van der Waals surface area contributed by atoms with E-state index >= 15 is 0 Å². The molecule has 2 aromatic rings. The first-order valence-electron chi connectivity index (χ1n) is 8.48. The van der Waals surface area contributed by atoms with Crippen molar-refractivity contribution in [2.75, 3.05) is 0 Å². The molecule has 116 valence electrons. The molecule has 0 radical (unpaired) electrons. The van der Waals surface area contributed by atoms with Gasteiger partial charge in [0.15, 0.2) is 12.2 Å². The van der Waals surface area contributed by atoms with Crippen LogP contribution in [0, 0.1) is 5.92 Å². The van der Waals surface area contributed by atoms with Gasteiger partial charge in [0.2, 0.25) is 0 Å². The molecule has 0 N–H and O–H groups in total. The van der Waals surface area contributed by atoms with E-state index in [4.69, 9.17) is 0 Å². The highest BCUT2D eigenvalue weighted by atomic mass is 15.0. The lowest BCUT2D eigenvalue weighted by Gasteiger charge is -2.05. The van der Waals surface area contributed by atoms with Crippen LogP contribution < -0.4 is 0 Å². The van der Waals surface area contributed by atoms with Gasteiger partial charge in [0.1, 0.15) is 6.72 Å². The van der Waals surface area contributed by atoms with Crippen LogP contribution in [0.15, 0.2) is 61.1 Å². The summed E-state index contributed by atoms with van der Waals surface area (Å²) in [6, 6.07) is 13.3. The SMILES string of the molecule is C=C(C1CC1c1ccc(C2CC2)cc1)[N+](=C)Cc1cccnc1. The van der Waals surface area contributed by atoms with Crippen molar-refractivity contribution in [3.8, 4) is 0 Å². The molecule has 0 spiro atoms. The van der Waals surface area contributed by atoms with Crippen molar-refractivity contribution in [3.63, 3.8) is 0 Å². The first kappa shape index (κ1) is 14.4. The summed E-state index contributed by atoms with van der Waals surface area (Å²) < 4.78 is 2.03. The van der Waals surface area contributed by atoms with Crippen molar-refractivity contribution in [1.29, 1.82) is 0 Å². The van der Waals surface area contributed by atoms with Gasteiger partial charge in [-0.2, -0.15) is 0 Å². The van der Waals surface area contributed by atoms with Crippen LogP contribution in [0.2, 0.25) is 0 Å². The number of hydrogen-bond acceptors (Lipinski definition) is 1. The Morgan fingerprint density at radius 2 is 1.87 bits per heavy atom. The maximum atomic E-state index is 4.29. The van der Waals surface area contributed by atoms with Crippen LogP contribution in [0.4, 0.5) is 0 Å². The molecule has 2 atom stereocenters. The third-order valence-corrected chi connectivity index (χ3v) is 5.13. The van der Waals surface area contributed by atoms with Crippen LogP contribution >= 0.6 is 0 Å². The van der Waals surface area contributed by atoms with Gasteiger partial charge in [0.25, 0.3) is 0 Å². The number of rotatable bonds is 6. The zero-order chi connectivity index (χ0) is 15.8. The smallest absolute Gasteiger partial charge is 0.177 e. The molecule has 2 fully saturated rings. The minimum Gasteiger partial charge on any atom is -0.264 e. The molecule has 1 aromatic carbocycles.